The Hall–Kier alpha value is -0.280. The molecule has 1 unspecified atom stereocenters. The third-order valence-electron chi connectivity index (χ3n) is 1.62. The number of halogens is 1. The van der Waals surface area contributed by atoms with Gasteiger partial charge < -0.3 is 10.8 Å². The molecule has 0 aliphatic heterocycles. The number of hydrogen-bond acceptors (Lipinski definition) is 2. The van der Waals surface area contributed by atoms with Gasteiger partial charge >= 0.3 is 5.97 Å². The van der Waals surface area contributed by atoms with Crippen LogP contribution in [0.5, 0.6) is 0 Å². The number of hydrogen-bond donors (Lipinski definition) is 2. The third-order valence-corrected chi connectivity index (χ3v) is 1.62. The normalized spacial score (nSPS) is 11.8. The van der Waals surface area contributed by atoms with E-state index in [9.17, 15) is 4.79 Å². The van der Waals surface area contributed by atoms with E-state index in [0.717, 1.165) is 25.7 Å². The molecule has 0 rings (SSSR count). The van der Waals surface area contributed by atoms with Gasteiger partial charge in [0.1, 0.15) is 0 Å². The molecule has 74 valence electrons. The van der Waals surface area contributed by atoms with Gasteiger partial charge in [-0.15, -0.1) is 12.4 Å². The summed E-state index contributed by atoms with van der Waals surface area (Å²) in [5.41, 5.74) is 5.53. The molecular formula is C8H18ClNO2. The summed E-state index contributed by atoms with van der Waals surface area (Å²) in [6.07, 6.45) is 4.28. The van der Waals surface area contributed by atoms with E-state index in [1.165, 1.54) is 0 Å². The topological polar surface area (TPSA) is 63.3 Å². The quantitative estimate of drug-likeness (QED) is 0.636. The highest BCUT2D eigenvalue weighted by Gasteiger charge is 2.06. The van der Waals surface area contributed by atoms with Gasteiger partial charge in [0.05, 0.1) is 6.42 Å². The fourth-order valence-corrected chi connectivity index (χ4v) is 0.983. The van der Waals surface area contributed by atoms with Crippen LogP contribution in [0.15, 0.2) is 0 Å². The van der Waals surface area contributed by atoms with Crippen LogP contribution in [0.1, 0.15) is 39.0 Å². The van der Waals surface area contributed by atoms with Crippen molar-refractivity contribution in [3.8, 4) is 0 Å². The molecule has 12 heavy (non-hydrogen) atoms. The second-order valence-corrected chi connectivity index (χ2v) is 2.85. The summed E-state index contributed by atoms with van der Waals surface area (Å²) in [5.74, 6) is -0.797. The van der Waals surface area contributed by atoms with E-state index in [4.69, 9.17) is 10.8 Å². The van der Waals surface area contributed by atoms with Gasteiger partial charge in [0.15, 0.2) is 0 Å². The number of carbonyl (C=O) groups is 1. The predicted octanol–water partition coefficient (Wildman–Crippen LogP) is 1.79. The molecule has 0 aliphatic carbocycles. The summed E-state index contributed by atoms with van der Waals surface area (Å²) in [6.45, 7) is 2.11. The molecule has 0 radical (unpaired) electrons. The lowest BCUT2D eigenvalue weighted by Crippen LogP contribution is -2.23. The highest BCUT2D eigenvalue weighted by Crippen LogP contribution is 2.03. The van der Waals surface area contributed by atoms with Gasteiger partial charge in [-0.2, -0.15) is 0 Å². The standard InChI is InChI=1S/C8H17NO2.ClH/c1-2-3-4-5-7(9)6-8(10)11;/h7H,2-6,9H2,1H3,(H,10,11);1H. The van der Waals surface area contributed by atoms with Crippen molar-refractivity contribution in [1.29, 1.82) is 0 Å². The fraction of sp³-hybridized carbons (Fsp3) is 0.875. The van der Waals surface area contributed by atoms with Crippen LogP contribution < -0.4 is 5.73 Å². The Bertz CT molecular complexity index is 120. The number of unbranched alkanes of at least 4 members (excludes halogenated alkanes) is 2. The Morgan fingerprint density at radius 3 is 2.50 bits per heavy atom. The zero-order chi connectivity index (χ0) is 8.69. The number of carboxylic acid groups (broad SMARTS) is 1. The van der Waals surface area contributed by atoms with E-state index < -0.39 is 5.97 Å². The Labute approximate surface area is 79.7 Å². The van der Waals surface area contributed by atoms with E-state index in [2.05, 4.69) is 6.92 Å². The molecule has 0 fully saturated rings. The van der Waals surface area contributed by atoms with Crippen LogP contribution in [0.2, 0.25) is 0 Å². The molecule has 0 spiro atoms. The van der Waals surface area contributed by atoms with Crippen LogP contribution in [-0.2, 0) is 4.79 Å². The minimum Gasteiger partial charge on any atom is -0.481 e. The molecule has 3 N–H and O–H groups in total. The van der Waals surface area contributed by atoms with Crippen molar-refractivity contribution in [2.24, 2.45) is 5.73 Å². The predicted molar refractivity (Wildman–Crippen MR) is 51.6 cm³/mol. The molecule has 0 aromatic heterocycles. The average molecular weight is 196 g/mol. The maximum Gasteiger partial charge on any atom is 0.304 e. The summed E-state index contributed by atoms with van der Waals surface area (Å²) < 4.78 is 0. The molecule has 0 saturated heterocycles. The monoisotopic (exact) mass is 195 g/mol. The number of carboxylic acids is 1. The van der Waals surface area contributed by atoms with Gasteiger partial charge in [0, 0.05) is 6.04 Å². The van der Waals surface area contributed by atoms with Crippen LogP contribution in [0.4, 0.5) is 0 Å². The third kappa shape index (κ3) is 9.72. The summed E-state index contributed by atoms with van der Waals surface area (Å²) in [5, 5.41) is 8.36. The summed E-state index contributed by atoms with van der Waals surface area (Å²) in [6, 6.07) is -0.154. The lowest BCUT2D eigenvalue weighted by molar-refractivity contribution is -0.137. The summed E-state index contributed by atoms with van der Waals surface area (Å²) in [4.78, 5) is 10.2. The minimum absolute atomic E-state index is 0. The van der Waals surface area contributed by atoms with Crippen molar-refractivity contribution >= 4 is 18.4 Å². The van der Waals surface area contributed by atoms with E-state index in [1.54, 1.807) is 0 Å². The second-order valence-electron chi connectivity index (χ2n) is 2.85. The number of rotatable bonds is 6. The molecule has 4 heteroatoms. The van der Waals surface area contributed by atoms with E-state index in [1.807, 2.05) is 0 Å². The van der Waals surface area contributed by atoms with Gasteiger partial charge in [0.25, 0.3) is 0 Å². The maximum atomic E-state index is 10.2. The lowest BCUT2D eigenvalue weighted by atomic mass is 10.1. The van der Waals surface area contributed by atoms with E-state index in [-0.39, 0.29) is 24.9 Å². The Kier molecular flexibility index (Phi) is 10.5. The van der Waals surface area contributed by atoms with Crippen molar-refractivity contribution in [1.82, 2.24) is 0 Å². The minimum atomic E-state index is -0.797. The van der Waals surface area contributed by atoms with Gasteiger partial charge in [-0.1, -0.05) is 26.2 Å². The van der Waals surface area contributed by atoms with Crippen LogP contribution in [0, 0.1) is 0 Å². The molecule has 1 atom stereocenters. The molecule has 0 saturated carbocycles. The van der Waals surface area contributed by atoms with Crippen molar-refractivity contribution in [2.75, 3.05) is 0 Å². The molecule has 0 aromatic rings. The highest BCUT2D eigenvalue weighted by atomic mass is 35.5. The van der Waals surface area contributed by atoms with Crippen molar-refractivity contribution < 1.29 is 9.90 Å². The zero-order valence-electron chi connectivity index (χ0n) is 7.45. The number of aliphatic carboxylic acids is 1. The van der Waals surface area contributed by atoms with E-state index >= 15 is 0 Å². The molecule has 0 heterocycles. The molecular weight excluding hydrogens is 178 g/mol. The first-order chi connectivity index (χ1) is 5.16. The average Bonchev–Trinajstić information content (AvgIpc) is 1.86. The van der Waals surface area contributed by atoms with Crippen molar-refractivity contribution in [2.45, 2.75) is 45.1 Å². The lowest BCUT2D eigenvalue weighted by Gasteiger charge is -2.06. The van der Waals surface area contributed by atoms with Crippen LogP contribution in [0.25, 0.3) is 0 Å². The van der Waals surface area contributed by atoms with Crippen LogP contribution in [0.3, 0.4) is 0 Å². The van der Waals surface area contributed by atoms with Gasteiger partial charge in [-0.25, -0.2) is 0 Å². The van der Waals surface area contributed by atoms with Gasteiger partial charge in [-0.05, 0) is 6.42 Å². The Balaban J connectivity index is 0. The van der Waals surface area contributed by atoms with Crippen LogP contribution in [-0.4, -0.2) is 17.1 Å². The molecule has 0 bridgehead atoms. The van der Waals surface area contributed by atoms with E-state index in [0.29, 0.717) is 0 Å². The smallest absolute Gasteiger partial charge is 0.304 e. The first kappa shape index (κ1) is 14.3. The molecule has 0 aromatic carbocycles. The number of nitrogens with two attached hydrogens (primary N) is 1. The molecule has 3 nitrogen and oxygen atoms in total. The summed E-state index contributed by atoms with van der Waals surface area (Å²) in [7, 11) is 0. The Morgan fingerprint density at radius 1 is 1.50 bits per heavy atom. The highest BCUT2D eigenvalue weighted by molar-refractivity contribution is 5.85. The van der Waals surface area contributed by atoms with Crippen molar-refractivity contribution in [3.05, 3.63) is 0 Å². The van der Waals surface area contributed by atoms with Gasteiger partial charge in [-0.3, -0.25) is 4.79 Å². The largest absolute Gasteiger partial charge is 0.481 e. The Morgan fingerprint density at radius 2 is 2.08 bits per heavy atom. The first-order valence-electron chi connectivity index (χ1n) is 4.14. The van der Waals surface area contributed by atoms with Gasteiger partial charge in [0.2, 0.25) is 0 Å². The molecule has 0 amide bonds. The second kappa shape index (κ2) is 8.81. The SMILES string of the molecule is CCCCCC(N)CC(=O)O.Cl. The zero-order valence-corrected chi connectivity index (χ0v) is 8.27. The first-order valence-corrected chi connectivity index (χ1v) is 4.14. The fourth-order valence-electron chi connectivity index (χ4n) is 0.983. The molecule has 0 aliphatic rings. The van der Waals surface area contributed by atoms with Crippen LogP contribution >= 0.6 is 12.4 Å². The summed E-state index contributed by atoms with van der Waals surface area (Å²) >= 11 is 0. The maximum absolute atomic E-state index is 10.2. The van der Waals surface area contributed by atoms with Crippen molar-refractivity contribution in [3.63, 3.8) is 0 Å².